The Morgan fingerprint density at radius 2 is 2.38 bits per heavy atom. The number of hydrogen-bond acceptors (Lipinski definition) is 4. The predicted molar refractivity (Wildman–Crippen MR) is 46.6 cm³/mol. The molecule has 0 aliphatic rings. The van der Waals surface area contributed by atoms with Gasteiger partial charge in [0.15, 0.2) is 0 Å². The van der Waals surface area contributed by atoms with E-state index >= 15 is 0 Å². The number of aromatic nitrogens is 2. The van der Waals surface area contributed by atoms with Crippen molar-refractivity contribution in [2.75, 3.05) is 0 Å². The summed E-state index contributed by atoms with van der Waals surface area (Å²) in [5.41, 5.74) is -0.490. The molecule has 0 spiro atoms. The molecule has 1 aromatic heterocycles. The lowest BCUT2D eigenvalue weighted by molar-refractivity contribution is 0.0483. The first kappa shape index (κ1) is 9.62. The van der Waals surface area contributed by atoms with Gasteiger partial charge in [-0.25, -0.2) is 9.97 Å². The normalized spacial score (nSPS) is 14.6. The van der Waals surface area contributed by atoms with Gasteiger partial charge in [0, 0.05) is 6.20 Å². The number of aliphatic hydroxyl groups is 1. The quantitative estimate of drug-likeness (QED) is 0.730. The zero-order valence-corrected chi connectivity index (χ0v) is 7.65. The lowest BCUT2D eigenvalue weighted by Gasteiger charge is -2.19. The molecule has 1 aromatic rings. The van der Waals surface area contributed by atoms with E-state index in [4.69, 9.17) is 5.26 Å². The van der Waals surface area contributed by atoms with Crippen molar-refractivity contribution in [2.24, 2.45) is 0 Å². The molecule has 1 heterocycles. The summed E-state index contributed by atoms with van der Waals surface area (Å²) in [6.45, 7) is 3.52. The standard InChI is InChI=1S/C9H11N3O/c1-3-9(2,13)7-4-5-11-8(6-10)12-7/h4-5,13H,3H2,1-2H3. The number of nitrogens with zero attached hydrogens (tertiary/aromatic N) is 3. The van der Waals surface area contributed by atoms with Gasteiger partial charge >= 0.3 is 0 Å². The minimum atomic E-state index is -0.978. The Labute approximate surface area is 76.9 Å². The maximum atomic E-state index is 9.81. The highest BCUT2D eigenvalue weighted by atomic mass is 16.3. The van der Waals surface area contributed by atoms with Crippen LogP contribution in [0.2, 0.25) is 0 Å². The van der Waals surface area contributed by atoms with Crippen LogP contribution in [0.3, 0.4) is 0 Å². The van der Waals surface area contributed by atoms with E-state index in [0.29, 0.717) is 12.1 Å². The van der Waals surface area contributed by atoms with Crippen molar-refractivity contribution in [3.05, 3.63) is 23.8 Å². The zero-order valence-electron chi connectivity index (χ0n) is 7.65. The van der Waals surface area contributed by atoms with Crippen LogP contribution in [0, 0.1) is 11.3 Å². The highest BCUT2D eigenvalue weighted by Crippen LogP contribution is 2.21. The molecule has 0 bridgehead atoms. The van der Waals surface area contributed by atoms with Gasteiger partial charge in [-0.15, -0.1) is 0 Å². The van der Waals surface area contributed by atoms with E-state index in [-0.39, 0.29) is 5.82 Å². The molecule has 0 amide bonds. The van der Waals surface area contributed by atoms with Crippen molar-refractivity contribution >= 4 is 0 Å². The number of rotatable bonds is 2. The molecule has 0 aliphatic carbocycles. The molecule has 4 nitrogen and oxygen atoms in total. The first-order valence-electron chi connectivity index (χ1n) is 4.06. The first-order valence-corrected chi connectivity index (χ1v) is 4.06. The maximum absolute atomic E-state index is 9.81. The predicted octanol–water partition coefficient (Wildman–Crippen LogP) is 0.966. The Bertz CT molecular complexity index is 341. The minimum Gasteiger partial charge on any atom is -0.384 e. The fourth-order valence-corrected chi connectivity index (χ4v) is 0.894. The molecule has 1 rings (SSSR count). The van der Waals surface area contributed by atoms with E-state index in [1.54, 1.807) is 13.0 Å². The van der Waals surface area contributed by atoms with Crippen LogP contribution in [-0.2, 0) is 5.60 Å². The summed E-state index contributed by atoms with van der Waals surface area (Å²) >= 11 is 0. The Kier molecular flexibility index (Phi) is 2.59. The fraction of sp³-hybridized carbons (Fsp3) is 0.444. The molecule has 0 fully saturated rings. The second-order valence-electron chi connectivity index (χ2n) is 3.00. The van der Waals surface area contributed by atoms with Crippen molar-refractivity contribution in [2.45, 2.75) is 25.9 Å². The van der Waals surface area contributed by atoms with Gasteiger partial charge in [0.05, 0.1) is 5.69 Å². The number of nitriles is 1. The highest BCUT2D eigenvalue weighted by Gasteiger charge is 2.22. The Morgan fingerprint density at radius 3 is 2.92 bits per heavy atom. The van der Waals surface area contributed by atoms with Crippen molar-refractivity contribution < 1.29 is 5.11 Å². The van der Waals surface area contributed by atoms with Crippen LogP contribution in [0.1, 0.15) is 31.8 Å². The van der Waals surface area contributed by atoms with E-state index in [1.807, 2.05) is 13.0 Å². The van der Waals surface area contributed by atoms with Crippen LogP contribution in [0.4, 0.5) is 0 Å². The van der Waals surface area contributed by atoms with Crippen molar-refractivity contribution in [3.8, 4) is 6.07 Å². The van der Waals surface area contributed by atoms with Gasteiger partial charge in [0.25, 0.3) is 0 Å². The second kappa shape index (κ2) is 3.50. The average Bonchev–Trinajstić information content (AvgIpc) is 2.18. The van der Waals surface area contributed by atoms with E-state index in [0.717, 1.165) is 0 Å². The molecule has 68 valence electrons. The average molecular weight is 177 g/mol. The SMILES string of the molecule is CCC(C)(O)c1ccnc(C#N)n1. The maximum Gasteiger partial charge on any atom is 0.232 e. The summed E-state index contributed by atoms with van der Waals surface area (Å²) in [7, 11) is 0. The van der Waals surface area contributed by atoms with Crippen LogP contribution in [0.25, 0.3) is 0 Å². The largest absolute Gasteiger partial charge is 0.384 e. The third kappa shape index (κ3) is 2.01. The molecular weight excluding hydrogens is 166 g/mol. The number of hydrogen-bond donors (Lipinski definition) is 1. The zero-order chi connectivity index (χ0) is 9.90. The summed E-state index contributed by atoms with van der Waals surface area (Å²) in [4.78, 5) is 7.63. The summed E-state index contributed by atoms with van der Waals surface area (Å²) in [6, 6.07) is 3.45. The lowest BCUT2D eigenvalue weighted by atomic mass is 9.99. The summed E-state index contributed by atoms with van der Waals surface area (Å²) < 4.78 is 0. The summed E-state index contributed by atoms with van der Waals surface area (Å²) in [5, 5.41) is 18.4. The van der Waals surface area contributed by atoms with E-state index in [9.17, 15) is 5.11 Å². The molecule has 4 heteroatoms. The van der Waals surface area contributed by atoms with Crippen LogP contribution >= 0.6 is 0 Å². The molecular formula is C9H11N3O. The third-order valence-electron chi connectivity index (χ3n) is 2.00. The topological polar surface area (TPSA) is 69.8 Å². The molecule has 1 unspecified atom stereocenters. The van der Waals surface area contributed by atoms with E-state index in [1.165, 1.54) is 6.20 Å². The Hall–Kier alpha value is -1.47. The highest BCUT2D eigenvalue weighted by molar-refractivity contribution is 5.16. The van der Waals surface area contributed by atoms with E-state index < -0.39 is 5.60 Å². The van der Waals surface area contributed by atoms with Gasteiger partial charge in [-0.3, -0.25) is 0 Å². The van der Waals surface area contributed by atoms with Gasteiger partial charge in [-0.05, 0) is 19.4 Å². The van der Waals surface area contributed by atoms with Crippen LogP contribution < -0.4 is 0 Å². The van der Waals surface area contributed by atoms with Crippen LogP contribution in [-0.4, -0.2) is 15.1 Å². The van der Waals surface area contributed by atoms with Gasteiger partial charge in [0.2, 0.25) is 5.82 Å². The fourth-order valence-electron chi connectivity index (χ4n) is 0.894. The smallest absolute Gasteiger partial charge is 0.232 e. The minimum absolute atomic E-state index is 0.0891. The molecule has 0 aromatic carbocycles. The van der Waals surface area contributed by atoms with Gasteiger partial charge in [0.1, 0.15) is 11.7 Å². The van der Waals surface area contributed by atoms with Crippen LogP contribution in [0.5, 0.6) is 0 Å². The van der Waals surface area contributed by atoms with Gasteiger partial charge in [-0.2, -0.15) is 5.26 Å². The Balaban J connectivity index is 3.10. The summed E-state index contributed by atoms with van der Waals surface area (Å²) in [5.74, 6) is 0.0891. The third-order valence-corrected chi connectivity index (χ3v) is 2.00. The molecule has 0 aliphatic heterocycles. The van der Waals surface area contributed by atoms with Crippen molar-refractivity contribution in [1.29, 1.82) is 5.26 Å². The van der Waals surface area contributed by atoms with Crippen LogP contribution in [0.15, 0.2) is 12.3 Å². The Morgan fingerprint density at radius 1 is 1.69 bits per heavy atom. The van der Waals surface area contributed by atoms with Crippen molar-refractivity contribution in [3.63, 3.8) is 0 Å². The molecule has 0 radical (unpaired) electrons. The van der Waals surface area contributed by atoms with E-state index in [2.05, 4.69) is 9.97 Å². The molecule has 0 saturated heterocycles. The monoisotopic (exact) mass is 177 g/mol. The molecule has 13 heavy (non-hydrogen) atoms. The molecule has 0 saturated carbocycles. The first-order chi connectivity index (χ1) is 6.10. The van der Waals surface area contributed by atoms with Gasteiger partial charge < -0.3 is 5.11 Å². The summed E-state index contributed by atoms with van der Waals surface area (Å²) in [6.07, 6.45) is 2.03. The lowest BCUT2D eigenvalue weighted by Crippen LogP contribution is -2.21. The van der Waals surface area contributed by atoms with Gasteiger partial charge in [-0.1, -0.05) is 6.92 Å². The molecule has 1 N–H and O–H groups in total. The second-order valence-corrected chi connectivity index (χ2v) is 3.00. The van der Waals surface area contributed by atoms with Crippen molar-refractivity contribution in [1.82, 2.24) is 9.97 Å². The molecule has 1 atom stereocenters.